The van der Waals surface area contributed by atoms with Gasteiger partial charge in [0, 0.05) is 17.6 Å². The molecule has 0 aliphatic carbocycles. The minimum Gasteiger partial charge on any atom is -0.485 e. The molecule has 2 aromatic heterocycles. The van der Waals surface area contributed by atoms with Crippen LogP contribution in [0.2, 0.25) is 5.02 Å². The third-order valence-electron chi connectivity index (χ3n) is 4.23. The molecule has 0 atom stereocenters. The van der Waals surface area contributed by atoms with Crippen molar-refractivity contribution in [3.8, 4) is 5.75 Å². The summed E-state index contributed by atoms with van der Waals surface area (Å²) in [6.45, 7) is 2.02. The topological polar surface area (TPSA) is 72.7 Å². The van der Waals surface area contributed by atoms with Crippen molar-refractivity contribution in [3.05, 3.63) is 92.3 Å². The second-order valence-electron chi connectivity index (χ2n) is 6.36. The Morgan fingerprint density at radius 2 is 2.07 bits per heavy atom. The Kier molecular flexibility index (Phi) is 5.33. The van der Waals surface area contributed by atoms with Crippen molar-refractivity contribution >= 4 is 39.5 Å². The number of anilines is 1. The first-order valence-corrected chi connectivity index (χ1v) is 10.0. The largest absolute Gasteiger partial charge is 0.485 e. The van der Waals surface area contributed by atoms with Gasteiger partial charge in [0.2, 0.25) is 0 Å². The van der Waals surface area contributed by atoms with Crippen molar-refractivity contribution in [1.29, 1.82) is 0 Å². The van der Waals surface area contributed by atoms with Crippen molar-refractivity contribution in [2.75, 3.05) is 5.32 Å². The SMILES string of the molecule is Cc1ccc(OCc2cc(=O)n3ccsc3n2)c(NC(=O)c2ccccc2Cl)c1. The van der Waals surface area contributed by atoms with E-state index in [0.717, 1.165) is 5.56 Å². The molecular formula is C21H16ClN3O3S. The number of fused-ring (bicyclic) bond motifs is 1. The van der Waals surface area contributed by atoms with Gasteiger partial charge >= 0.3 is 0 Å². The average molecular weight is 426 g/mol. The van der Waals surface area contributed by atoms with Gasteiger partial charge in [-0.25, -0.2) is 4.98 Å². The van der Waals surface area contributed by atoms with E-state index in [2.05, 4.69) is 10.3 Å². The Morgan fingerprint density at radius 3 is 2.90 bits per heavy atom. The second kappa shape index (κ2) is 8.06. The number of aryl methyl sites for hydroxylation is 1. The van der Waals surface area contributed by atoms with E-state index in [1.807, 2.05) is 19.1 Å². The zero-order valence-electron chi connectivity index (χ0n) is 15.4. The summed E-state index contributed by atoms with van der Waals surface area (Å²) in [5, 5.41) is 5.02. The molecule has 0 aliphatic heterocycles. The summed E-state index contributed by atoms with van der Waals surface area (Å²) in [5.41, 5.74) is 2.21. The van der Waals surface area contributed by atoms with Crippen molar-refractivity contribution in [2.45, 2.75) is 13.5 Å². The maximum Gasteiger partial charge on any atom is 0.258 e. The zero-order chi connectivity index (χ0) is 20.4. The molecule has 2 heterocycles. The van der Waals surface area contributed by atoms with Crippen molar-refractivity contribution in [3.63, 3.8) is 0 Å². The van der Waals surface area contributed by atoms with Gasteiger partial charge in [-0.3, -0.25) is 14.0 Å². The highest BCUT2D eigenvalue weighted by atomic mass is 35.5. The second-order valence-corrected chi connectivity index (χ2v) is 7.64. The number of carbonyl (C=O) groups excluding carboxylic acids is 1. The van der Waals surface area contributed by atoms with Gasteiger partial charge in [0.05, 0.1) is 22.0 Å². The molecule has 0 saturated carbocycles. The third-order valence-corrected chi connectivity index (χ3v) is 5.32. The molecule has 4 rings (SSSR count). The van der Waals surface area contributed by atoms with Crippen LogP contribution in [0.3, 0.4) is 0 Å². The molecule has 0 fully saturated rings. The van der Waals surface area contributed by atoms with E-state index < -0.39 is 0 Å². The van der Waals surface area contributed by atoms with Crippen LogP contribution in [0.15, 0.2) is 64.9 Å². The molecule has 0 aliphatic rings. The predicted octanol–water partition coefficient (Wildman–Crippen LogP) is 4.55. The fourth-order valence-electron chi connectivity index (χ4n) is 2.82. The zero-order valence-corrected chi connectivity index (χ0v) is 17.0. The molecule has 146 valence electrons. The van der Waals surface area contributed by atoms with Crippen LogP contribution in [0.4, 0.5) is 5.69 Å². The number of nitrogens with one attached hydrogen (secondary N) is 1. The van der Waals surface area contributed by atoms with Gasteiger partial charge in [-0.2, -0.15) is 0 Å². The molecule has 4 aromatic rings. The van der Waals surface area contributed by atoms with Crippen LogP contribution in [-0.2, 0) is 6.61 Å². The number of carbonyl (C=O) groups is 1. The van der Waals surface area contributed by atoms with E-state index >= 15 is 0 Å². The van der Waals surface area contributed by atoms with Crippen LogP contribution in [0.5, 0.6) is 5.75 Å². The molecule has 0 unspecified atom stereocenters. The summed E-state index contributed by atoms with van der Waals surface area (Å²) in [6, 6.07) is 13.7. The maximum absolute atomic E-state index is 12.6. The van der Waals surface area contributed by atoms with Gasteiger partial charge in [0.25, 0.3) is 11.5 Å². The summed E-state index contributed by atoms with van der Waals surface area (Å²) >= 11 is 7.50. The fraction of sp³-hybridized carbons (Fsp3) is 0.0952. The molecule has 2 aromatic carbocycles. The molecule has 0 bridgehead atoms. The minimum atomic E-state index is -0.331. The van der Waals surface area contributed by atoms with Crippen molar-refractivity contribution in [1.82, 2.24) is 9.38 Å². The van der Waals surface area contributed by atoms with Crippen LogP contribution in [-0.4, -0.2) is 15.3 Å². The van der Waals surface area contributed by atoms with Gasteiger partial charge < -0.3 is 10.1 Å². The van der Waals surface area contributed by atoms with Crippen LogP contribution in [0, 0.1) is 6.92 Å². The highest BCUT2D eigenvalue weighted by Crippen LogP contribution is 2.28. The lowest BCUT2D eigenvalue weighted by atomic mass is 10.1. The molecule has 8 heteroatoms. The standard InChI is InChI=1S/C21H16ClN3O3S/c1-13-6-7-18(17(10-13)24-20(27)15-4-2-3-5-16(15)22)28-12-14-11-19(26)25-8-9-29-21(25)23-14/h2-11H,12H2,1H3,(H,24,27). The lowest BCUT2D eigenvalue weighted by Gasteiger charge is -2.14. The first-order chi connectivity index (χ1) is 14.0. The summed E-state index contributed by atoms with van der Waals surface area (Å²) in [5.74, 6) is 0.145. The monoisotopic (exact) mass is 425 g/mol. The molecule has 0 radical (unpaired) electrons. The Hall–Kier alpha value is -3.16. The van der Waals surface area contributed by atoms with Gasteiger partial charge in [-0.1, -0.05) is 29.8 Å². The van der Waals surface area contributed by atoms with Crippen LogP contribution >= 0.6 is 22.9 Å². The van der Waals surface area contributed by atoms with E-state index in [1.54, 1.807) is 41.9 Å². The average Bonchev–Trinajstić information content (AvgIpc) is 3.17. The number of aromatic nitrogens is 2. The molecule has 1 N–H and O–H groups in total. The van der Waals surface area contributed by atoms with E-state index in [9.17, 15) is 9.59 Å². The highest BCUT2D eigenvalue weighted by Gasteiger charge is 2.14. The van der Waals surface area contributed by atoms with Crippen LogP contribution in [0.1, 0.15) is 21.6 Å². The first-order valence-electron chi connectivity index (χ1n) is 8.76. The molecule has 6 nitrogen and oxygen atoms in total. The number of thiazole rings is 1. The molecule has 0 spiro atoms. The normalized spacial score (nSPS) is 10.8. The van der Waals surface area contributed by atoms with E-state index in [1.165, 1.54) is 21.8 Å². The summed E-state index contributed by atoms with van der Waals surface area (Å²) < 4.78 is 7.35. The van der Waals surface area contributed by atoms with Gasteiger partial charge in [0.15, 0.2) is 4.96 Å². The van der Waals surface area contributed by atoms with E-state index in [-0.39, 0.29) is 18.1 Å². The summed E-state index contributed by atoms with van der Waals surface area (Å²) in [6.07, 6.45) is 1.68. The number of amides is 1. The third kappa shape index (κ3) is 4.16. The highest BCUT2D eigenvalue weighted by molar-refractivity contribution is 7.15. The number of rotatable bonds is 5. The number of benzene rings is 2. The lowest BCUT2D eigenvalue weighted by molar-refractivity contribution is 0.102. The van der Waals surface area contributed by atoms with E-state index in [4.69, 9.17) is 16.3 Å². The van der Waals surface area contributed by atoms with Crippen molar-refractivity contribution in [2.24, 2.45) is 0 Å². The fourth-order valence-corrected chi connectivity index (χ4v) is 3.78. The Balaban J connectivity index is 1.57. The Morgan fingerprint density at radius 1 is 1.24 bits per heavy atom. The summed E-state index contributed by atoms with van der Waals surface area (Å²) in [7, 11) is 0. The summed E-state index contributed by atoms with van der Waals surface area (Å²) in [4.78, 5) is 29.8. The lowest BCUT2D eigenvalue weighted by Crippen LogP contribution is -2.15. The molecule has 1 amide bonds. The maximum atomic E-state index is 12.6. The molecule has 0 saturated heterocycles. The van der Waals surface area contributed by atoms with Gasteiger partial charge in [0.1, 0.15) is 12.4 Å². The van der Waals surface area contributed by atoms with Gasteiger partial charge in [-0.15, -0.1) is 11.3 Å². The Bertz CT molecular complexity index is 1270. The predicted molar refractivity (Wildman–Crippen MR) is 114 cm³/mol. The van der Waals surface area contributed by atoms with E-state index in [0.29, 0.717) is 32.7 Å². The van der Waals surface area contributed by atoms with Crippen LogP contribution in [0.25, 0.3) is 4.96 Å². The minimum absolute atomic E-state index is 0.0989. The number of hydrogen-bond acceptors (Lipinski definition) is 5. The van der Waals surface area contributed by atoms with Crippen LogP contribution < -0.4 is 15.6 Å². The quantitative estimate of drug-likeness (QED) is 0.509. The Labute approximate surface area is 175 Å². The number of halogens is 1. The smallest absolute Gasteiger partial charge is 0.258 e. The first kappa shape index (κ1) is 19.2. The molecular weight excluding hydrogens is 410 g/mol. The number of hydrogen-bond donors (Lipinski definition) is 1. The van der Waals surface area contributed by atoms with Crippen molar-refractivity contribution < 1.29 is 9.53 Å². The number of ether oxygens (including phenoxy) is 1. The number of nitrogens with zero attached hydrogens (tertiary/aromatic N) is 2. The molecule has 29 heavy (non-hydrogen) atoms. The van der Waals surface area contributed by atoms with Gasteiger partial charge in [-0.05, 0) is 36.8 Å².